The van der Waals surface area contributed by atoms with Gasteiger partial charge in [-0.3, -0.25) is 0 Å². The quantitative estimate of drug-likeness (QED) is 0.750. The van der Waals surface area contributed by atoms with Crippen molar-refractivity contribution >= 4 is 5.65 Å². The standard InChI is InChI=1S/C14H17N3/c1-10(9-15)12-13(14(2,3)4)16-11-7-5-6-8-17(11)12/h5-8,10H,1-4H3. The summed E-state index contributed by atoms with van der Waals surface area (Å²) >= 11 is 0. The third-order valence-corrected chi connectivity index (χ3v) is 2.88. The van der Waals surface area contributed by atoms with Crippen LogP contribution in [0, 0.1) is 11.3 Å². The van der Waals surface area contributed by atoms with Gasteiger partial charge in [0.2, 0.25) is 0 Å². The number of nitriles is 1. The van der Waals surface area contributed by atoms with Crippen LogP contribution in [0.3, 0.4) is 0 Å². The van der Waals surface area contributed by atoms with Crippen LogP contribution in [-0.2, 0) is 5.41 Å². The highest BCUT2D eigenvalue weighted by Gasteiger charge is 2.26. The number of hydrogen-bond acceptors (Lipinski definition) is 2. The van der Waals surface area contributed by atoms with Crippen molar-refractivity contribution in [3.8, 4) is 6.07 Å². The van der Waals surface area contributed by atoms with E-state index in [9.17, 15) is 0 Å². The molecule has 1 unspecified atom stereocenters. The molecule has 3 nitrogen and oxygen atoms in total. The summed E-state index contributed by atoms with van der Waals surface area (Å²) in [7, 11) is 0. The molecule has 0 amide bonds. The van der Waals surface area contributed by atoms with E-state index in [0.717, 1.165) is 17.0 Å². The lowest BCUT2D eigenvalue weighted by Gasteiger charge is -2.18. The highest BCUT2D eigenvalue weighted by Crippen LogP contribution is 2.30. The molecule has 0 spiro atoms. The van der Waals surface area contributed by atoms with Gasteiger partial charge in [-0.15, -0.1) is 0 Å². The fourth-order valence-corrected chi connectivity index (χ4v) is 2.04. The molecule has 0 bridgehead atoms. The monoisotopic (exact) mass is 227 g/mol. The second-order valence-corrected chi connectivity index (χ2v) is 5.38. The Hall–Kier alpha value is -1.82. The maximum Gasteiger partial charge on any atom is 0.137 e. The van der Waals surface area contributed by atoms with Crippen LogP contribution in [0.15, 0.2) is 24.4 Å². The lowest BCUT2D eigenvalue weighted by atomic mass is 9.88. The number of pyridine rings is 1. The molecule has 2 aromatic rings. The molecule has 0 radical (unpaired) electrons. The van der Waals surface area contributed by atoms with E-state index in [1.54, 1.807) is 0 Å². The largest absolute Gasteiger partial charge is 0.302 e. The first kappa shape index (κ1) is 11.7. The van der Waals surface area contributed by atoms with Gasteiger partial charge in [0, 0.05) is 11.6 Å². The number of fused-ring (bicyclic) bond motifs is 1. The molecule has 0 saturated carbocycles. The summed E-state index contributed by atoms with van der Waals surface area (Å²) in [5.74, 6) is -0.151. The average molecular weight is 227 g/mol. The third-order valence-electron chi connectivity index (χ3n) is 2.88. The Morgan fingerprint density at radius 3 is 2.65 bits per heavy atom. The van der Waals surface area contributed by atoms with Crippen LogP contribution in [0.5, 0.6) is 0 Å². The molecular weight excluding hydrogens is 210 g/mol. The highest BCUT2D eigenvalue weighted by atomic mass is 15.0. The number of rotatable bonds is 1. The zero-order chi connectivity index (χ0) is 12.6. The molecule has 3 heteroatoms. The predicted octanol–water partition coefficient (Wildman–Crippen LogP) is 3.26. The van der Waals surface area contributed by atoms with Gasteiger partial charge in [-0.25, -0.2) is 4.98 Å². The summed E-state index contributed by atoms with van der Waals surface area (Å²) in [6.45, 7) is 8.30. The molecule has 1 atom stereocenters. The minimum absolute atomic E-state index is 0.0491. The molecular formula is C14H17N3. The van der Waals surface area contributed by atoms with Crippen molar-refractivity contribution in [3.63, 3.8) is 0 Å². The fourth-order valence-electron chi connectivity index (χ4n) is 2.04. The minimum Gasteiger partial charge on any atom is -0.302 e. The van der Waals surface area contributed by atoms with E-state index in [-0.39, 0.29) is 11.3 Å². The number of hydrogen-bond donors (Lipinski definition) is 0. The second-order valence-electron chi connectivity index (χ2n) is 5.38. The van der Waals surface area contributed by atoms with Gasteiger partial charge in [0.25, 0.3) is 0 Å². The van der Waals surface area contributed by atoms with Crippen molar-refractivity contribution in [1.82, 2.24) is 9.38 Å². The Morgan fingerprint density at radius 1 is 1.35 bits per heavy atom. The van der Waals surface area contributed by atoms with E-state index in [4.69, 9.17) is 5.26 Å². The SMILES string of the molecule is CC(C#N)c1c(C(C)(C)C)nc2ccccn12. The molecule has 88 valence electrons. The van der Waals surface area contributed by atoms with Gasteiger partial charge < -0.3 is 4.40 Å². The topological polar surface area (TPSA) is 41.1 Å². The smallest absolute Gasteiger partial charge is 0.137 e. The van der Waals surface area contributed by atoms with Gasteiger partial charge in [-0.1, -0.05) is 26.8 Å². The van der Waals surface area contributed by atoms with Crippen molar-refractivity contribution in [3.05, 3.63) is 35.8 Å². The first-order valence-corrected chi connectivity index (χ1v) is 5.82. The van der Waals surface area contributed by atoms with E-state index in [1.165, 1.54) is 0 Å². The van der Waals surface area contributed by atoms with Crippen LogP contribution < -0.4 is 0 Å². The van der Waals surface area contributed by atoms with Crippen LogP contribution in [-0.4, -0.2) is 9.38 Å². The van der Waals surface area contributed by atoms with Gasteiger partial charge in [-0.2, -0.15) is 5.26 Å². The summed E-state index contributed by atoms with van der Waals surface area (Å²) in [5, 5.41) is 9.17. The van der Waals surface area contributed by atoms with E-state index in [2.05, 4.69) is 31.8 Å². The molecule has 0 aromatic carbocycles. The van der Waals surface area contributed by atoms with E-state index in [1.807, 2.05) is 35.7 Å². The van der Waals surface area contributed by atoms with Crippen LogP contribution in [0.25, 0.3) is 5.65 Å². The second kappa shape index (κ2) is 3.89. The maximum atomic E-state index is 9.17. The van der Waals surface area contributed by atoms with Gasteiger partial charge >= 0.3 is 0 Å². The molecule has 0 saturated heterocycles. The molecule has 0 fully saturated rings. The minimum atomic E-state index is -0.151. The van der Waals surface area contributed by atoms with Gasteiger partial charge in [0.05, 0.1) is 23.4 Å². The molecule has 0 N–H and O–H groups in total. The number of nitrogens with zero attached hydrogens (tertiary/aromatic N) is 3. The number of aromatic nitrogens is 2. The van der Waals surface area contributed by atoms with E-state index in [0.29, 0.717) is 0 Å². The number of imidazole rings is 1. The lowest BCUT2D eigenvalue weighted by Crippen LogP contribution is -2.16. The molecule has 0 aliphatic carbocycles. The summed E-state index contributed by atoms with van der Waals surface area (Å²) in [4.78, 5) is 4.66. The normalized spacial score (nSPS) is 13.6. The first-order chi connectivity index (χ1) is 7.95. The van der Waals surface area contributed by atoms with Crippen LogP contribution >= 0.6 is 0 Å². The van der Waals surface area contributed by atoms with Crippen molar-refractivity contribution < 1.29 is 0 Å². The Morgan fingerprint density at radius 2 is 2.06 bits per heavy atom. The molecule has 2 rings (SSSR count). The highest BCUT2D eigenvalue weighted by molar-refractivity contribution is 5.46. The summed E-state index contributed by atoms with van der Waals surface area (Å²) in [6.07, 6.45) is 1.97. The van der Waals surface area contributed by atoms with Gasteiger partial charge in [0.1, 0.15) is 5.65 Å². The average Bonchev–Trinajstić information content (AvgIpc) is 2.67. The zero-order valence-electron chi connectivity index (χ0n) is 10.7. The third kappa shape index (κ3) is 1.91. The Labute approximate surface area is 102 Å². The van der Waals surface area contributed by atoms with Gasteiger partial charge in [-0.05, 0) is 19.1 Å². The summed E-state index contributed by atoms with van der Waals surface area (Å²) < 4.78 is 2.02. The van der Waals surface area contributed by atoms with Gasteiger partial charge in [0.15, 0.2) is 0 Å². The Kier molecular flexibility index (Phi) is 2.66. The van der Waals surface area contributed by atoms with E-state index >= 15 is 0 Å². The van der Waals surface area contributed by atoms with Crippen molar-refractivity contribution in [2.45, 2.75) is 39.0 Å². The van der Waals surface area contributed by atoms with Crippen LogP contribution in [0.4, 0.5) is 0 Å². The molecule has 0 aliphatic rings. The maximum absolute atomic E-state index is 9.17. The van der Waals surface area contributed by atoms with Crippen molar-refractivity contribution in [1.29, 1.82) is 5.26 Å². The molecule has 0 aliphatic heterocycles. The van der Waals surface area contributed by atoms with E-state index < -0.39 is 0 Å². The summed E-state index contributed by atoms with van der Waals surface area (Å²) in [5.41, 5.74) is 2.88. The Bertz CT molecular complexity index is 582. The fraction of sp³-hybridized carbons (Fsp3) is 0.429. The Balaban J connectivity index is 2.80. The summed E-state index contributed by atoms with van der Waals surface area (Å²) in [6, 6.07) is 8.22. The van der Waals surface area contributed by atoms with Crippen molar-refractivity contribution in [2.75, 3.05) is 0 Å². The lowest BCUT2D eigenvalue weighted by molar-refractivity contribution is 0.562. The first-order valence-electron chi connectivity index (χ1n) is 5.82. The zero-order valence-corrected chi connectivity index (χ0v) is 10.7. The van der Waals surface area contributed by atoms with Crippen LogP contribution in [0.2, 0.25) is 0 Å². The molecule has 17 heavy (non-hydrogen) atoms. The van der Waals surface area contributed by atoms with Crippen LogP contribution in [0.1, 0.15) is 45.0 Å². The molecule has 2 aromatic heterocycles. The predicted molar refractivity (Wildman–Crippen MR) is 67.9 cm³/mol. The van der Waals surface area contributed by atoms with Crippen molar-refractivity contribution in [2.24, 2.45) is 0 Å². The molecule has 2 heterocycles.